The molecule has 1 amide bonds. The summed E-state index contributed by atoms with van der Waals surface area (Å²) >= 11 is 1.56. The van der Waals surface area contributed by atoms with Crippen LogP contribution in [0.3, 0.4) is 0 Å². The van der Waals surface area contributed by atoms with Gasteiger partial charge in [-0.25, -0.2) is 4.98 Å². The van der Waals surface area contributed by atoms with Crippen LogP contribution in [0.25, 0.3) is 10.2 Å². The molecule has 1 aromatic heterocycles. The molecule has 25 heavy (non-hydrogen) atoms. The Labute approximate surface area is 151 Å². The number of fused-ring (bicyclic) bond motifs is 1. The maximum atomic E-state index is 12.3. The number of rotatable bonds is 7. The van der Waals surface area contributed by atoms with Crippen molar-refractivity contribution in [3.05, 3.63) is 65.7 Å². The zero-order chi connectivity index (χ0) is 17.5. The largest absolute Gasteiger partial charge is 0.490 e. The number of hydrogen-bond acceptors (Lipinski definition) is 4. The Hall–Kier alpha value is -2.66. The maximum absolute atomic E-state index is 12.3. The third-order valence-corrected chi connectivity index (χ3v) is 4.42. The third kappa shape index (κ3) is 4.90. The predicted molar refractivity (Wildman–Crippen MR) is 103 cm³/mol. The van der Waals surface area contributed by atoms with Gasteiger partial charge in [0.2, 0.25) is 5.91 Å². The first-order chi connectivity index (χ1) is 12.2. The highest BCUT2D eigenvalue weighted by atomic mass is 32.1. The molecule has 0 aliphatic carbocycles. The van der Waals surface area contributed by atoms with E-state index in [0.29, 0.717) is 13.0 Å². The summed E-state index contributed by atoms with van der Waals surface area (Å²) in [5.74, 6) is 0.726. The van der Waals surface area contributed by atoms with Crippen molar-refractivity contribution in [3.8, 4) is 5.75 Å². The normalized spacial score (nSPS) is 11.1. The highest BCUT2D eigenvalue weighted by molar-refractivity contribution is 7.16. The van der Waals surface area contributed by atoms with Crippen molar-refractivity contribution in [2.45, 2.75) is 19.8 Å². The highest BCUT2D eigenvalue weighted by Crippen LogP contribution is 2.22. The number of nitrogens with one attached hydrogen (secondary N) is 1. The molecule has 3 rings (SSSR count). The van der Waals surface area contributed by atoms with Gasteiger partial charge in [-0.3, -0.25) is 4.79 Å². The molecule has 1 N–H and O–H groups in total. The number of hydrogen-bond donors (Lipinski definition) is 1. The van der Waals surface area contributed by atoms with Gasteiger partial charge in [-0.2, -0.15) is 0 Å². The van der Waals surface area contributed by atoms with Crippen LogP contribution in [0.1, 0.15) is 18.9 Å². The molecule has 3 aromatic rings. The van der Waals surface area contributed by atoms with E-state index in [9.17, 15) is 4.79 Å². The first-order valence-electron chi connectivity index (χ1n) is 8.24. The first-order valence-corrected chi connectivity index (χ1v) is 9.12. The predicted octanol–water partition coefficient (Wildman–Crippen LogP) is 4.82. The second-order valence-electron chi connectivity index (χ2n) is 5.60. The summed E-state index contributed by atoms with van der Waals surface area (Å²) in [5, 5.41) is 2.94. The van der Waals surface area contributed by atoms with Gasteiger partial charge in [0.05, 0.1) is 22.1 Å². The summed E-state index contributed by atoms with van der Waals surface area (Å²) in [6.45, 7) is 2.63. The summed E-state index contributed by atoms with van der Waals surface area (Å²) in [7, 11) is 0. The number of anilines is 1. The average molecular weight is 352 g/mol. The van der Waals surface area contributed by atoms with E-state index >= 15 is 0 Å². The summed E-state index contributed by atoms with van der Waals surface area (Å²) in [5.41, 5.74) is 4.47. The minimum atomic E-state index is -0.0492. The second-order valence-corrected chi connectivity index (χ2v) is 6.48. The molecule has 0 saturated carbocycles. The number of allylic oxidation sites excluding steroid dienone is 1. The van der Waals surface area contributed by atoms with Crippen molar-refractivity contribution in [3.63, 3.8) is 0 Å². The van der Waals surface area contributed by atoms with Crippen LogP contribution in [0.15, 0.2) is 60.1 Å². The van der Waals surface area contributed by atoms with Gasteiger partial charge in [0.1, 0.15) is 12.4 Å². The molecular weight excluding hydrogens is 332 g/mol. The van der Waals surface area contributed by atoms with Crippen LogP contribution in [0.2, 0.25) is 0 Å². The van der Waals surface area contributed by atoms with E-state index in [2.05, 4.69) is 23.3 Å². The summed E-state index contributed by atoms with van der Waals surface area (Å²) in [6, 6.07) is 13.4. The molecule has 0 atom stereocenters. The molecular formula is C20H20N2O2S. The molecule has 0 radical (unpaired) electrons. The fraction of sp³-hybridized carbons (Fsp3) is 0.200. The van der Waals surface area contributed by atoms with Gasteiger partial charge >= 0.3 is 0 Å². The van der Waals surface area contributed by atoms with Crippen LogP contribution in [0, 0.1) is 0 Å². The molecule has 0 aliphatic rings. The highest BCUT2D eigenvalue weighted by Gasteiger charge is 2.06. The molecule has 128 valence electrons. The first kappa shape index (κ1) is 17.2. The summed E-state index contributed by atoms with van der Waals surface area (Å²) < 4.78 is 6.73. The molecule has 5 heteroatoms. The minimum absolute atomic E-state index is 0.0492. The number of amides is 1. The van der Waals surface area contributed by atoms with E-state index < -0.39 is 0 Å². The van der Waals surface area contributed by atoms with Gasteiger partial charge in [0, 0.05) is 5.69 Å². The number of benzene rings is 2. The molecule has 0 fully saturated rings. The van der Waals surface area contributed by atoms with E-state index in [-0.39, 0.29) is 5.91 Å². The number of ether oxygens (including phenoxy) is 1. The topological polar surface area (TPSA) is 51.2 Å². The fourth-order valence-electron chi connectivity index (χ4n) is 2.45. The zero-order valence-corrected chi connectivity index (χ0v) is 14.9. The summed E-state index contributed by atoms with van der Waals surface area (Å²) in [4.78, 5) is 16.5. The number of carbonyl (C=O) groups is 1. The Bertz CT molecular complexity index is 886. The Morgan fingerprint density at radius 3 is 3.04 bits per heavy atom. The Balaban J connectivity index is 1.59. The van der Waals surface area contributed by atoms with Crippen LogP contribution < -0.4 is 10.1 Å². The van der Waals surface area contributed by atoms with Crippen molar-refractivity contribution in [2.75, 3.05) is 11.9 Å². The van der Waals surface area contributed by atoms with Gasteiger partial charge < -0.3 is 10.1 Å². The second kappa shape index (κ2) is 8.44. The number of aromatic nitrogens is 1. The average Bonchev–Trinajstić information content (AvgIpc) is 3.07. The quantitative estimate of drug-likeness (QED) is 0.620. The number of nitrogens with zero attached hydrogens (tertiary/aromatic N) is 1. The van der Waals surface area contributed by atoms with Crippen LogP contribution >= 0.6 is 11.3 Å². The van der Waals surface area contributed by atoms with Crippen molar-refractivity contribution in [1.82, 2.24) is 4.98 Å². The number of thiazole rings is 1. The third-order valence-electron chi connectivity index (χ3n) is 3.63. The van der Waals surface area contributed by atoms with Gasteiger partial charge in [-0.1, -0.05) is 31.2 Å². The van der Waals surface area contributed by atoms with Crippen LogP contribution in [0.5, 0.6) is 5.75 Å². The lowest BCUT2D eigenvalue weighted by molar-refractivity contribution is -0.115. The molecule has 0 spiro atoms. The van der Waals surface area contributed by atoms with Crippen LogP contribution in [-0.4, -0.2) is 17.5 Å². The van der Waals surface area contributed by atoms with Crippen molar-refractivity contribution < 1.29 is 9.53 Å². The molecule has 0 saturated heterocycles. The lowest BCUT2D eigenvalue weighted by Gasteiger charge is -2.08. The standard InChI is InChI=1S/C20H20N2O2S/c1-2-3-4-10-24-17-7-5-6-15(11-17)12-20(23)22-16-8-9-18-19(13-16)25-14-21-18/h3-9,11,13-14H,2,10,12H2,1H3,(H,22,23)/b4-3+. The van der Waals surface area contributed by atoms with Gasteiger partial charge in [0.25, 0.3) is 0 Å². The van der Waals surface area contributed by atoms with Gasteiger partial charge in [-0.15, -0.1) is 11.3 Å². The van der Waals surface area contributed by atoms with Crippen molar-refractivity contribution >= 4 is 33.1 Å². The SMILES string of the molecule is CC/C=C/COc1cccc(CC(=O)Nc2ccc3ncsc3c2)c1. The molecule has 4 nitrogen and oxygen atoms in total. The minimum Gasteiger partial charge on any atom is -0.490 e. The monoisotopic (exact) mass is 352 g/mol. The smallest absolute Gasteiger partial charge is 0.228 e. The number of carbonyl (C=O) groups excluding carboxylic acids is 1. The van der Waals surface area contributed by atoms with Gasteiger partial charge in [0.15, 0.2) is 0 Å². The van der Waals surface area contributed by atoms with Crippen LogP contribution in [0.4, 0.5) is 5.69 Å². The fourth-order valence-corrected chi connectivity index (χ4v) is 3.16. The molecule has 0 aliphatic heterocycles. The Morgan fingerprint density at radius 2 is 2.16 bits per heavy atom. The van der Waals surface area contributed by atoms with E-state index in [4.69, 9.17) is 4.74 Å². The lowest BCUT2D eigenvalue weighted by atomic mass is 10.1. The van der Waals surface area contributed by atoms with Crippen molar-refractivity contribution in [2.24, 2.45) is 0 Å². The van der Waals surface area contributed by atoms with Crippen LogP contribution in [-0.2, 0) is 11.2 Å². The van der Waals surface area contributed by atoms with E-state index in [1.807, 2.05) is 48.5 Å². The van der Waals surface area contributed by atoms with Gasteiger partial charge in [-0.05, 0) is 42.3 Å². The molecule has 2 aromatic carbocycles. The maximum Gasteiger partial charge on any atom is 0.228 e. The van der Waals surface area contributed by atoms with E-state index in [0.717, 1.165) is 33.6 Å². The van der Waals surface area contributed by atoms with E-state index in [1.54, 1.807) is 16.8 Å². The molecule has 1 heterocycles. The zero-order valence-electron chi connectivity index (χ0n) is 14.1. The summed E-state index contributed by atoms with van der Waals surface area (Å²) in [6.07, 6.45) is 5.37. The Kier molecular flexibility index (Phi) is 5.80. The Morgan fingerprint density at radius 1 is 1.24 bits per heavy atom. The lowest BCUT2D eigenvalue weighted by Crippen LogP contribution is -2.14. The molecule has 0 bridgehead atoms. The molecule has 0 unspecified atom stereocenters. The van der Waals surface area contributed by atoms with E-state index in [1.165, 1.54) is 0 Å². The van der Waals surface area contributed by atoms with Crippen molar-refractivity contribution in [1.29, 1.82) is 0 Å².